The molecule has 4 aromatic heterocycles. The number of benzene rings is 7. The molecule has 11 aromatic rings. The lowest BCUT2D eigenvalue weighted by molar-refractivity contribution is -0.133. The second kappa shape index (κ2) is 39.6. The Bertz CT molecular complexity index is 4510. The van der Waals surface area contributed by atoms with Crippen LogP contribution in [0.15, 0.2) is 223 Å². The fourth-order valence-corrected chi connectivity index (χ4v) is 16.6. The molecule has 107 heavy (non-hydrogen) atoms. The van der Waals surface area contributed by atoms with Crippen molar-refractivity contribution in [3.8, 4) is 75.5 Å². The molecule has 548 valence electrons. The molecule has 0 bridgehead atoms. The van der Waals surface area contributed by atoms with Crippen LogP contribution < -0.4 is 33.6 Å². The molecule has 0 unspecified atom stereocenters. The van der Waals surface area contributed by atoms with Crippen molar-refractivity contribution in [2.75, 3.05) is 41.1 Å². The third kappa shape index (κ3) is 21.3. The molecule has 0 aliphatic carbocycles. The van der Waals surface area contributed by atoms with E-state index in [0.717, 1.165) is 204 Å². The summed E-state index contributed by atoms with van der Waals surface area (Å²) in [5, 5.41) is 38.1. The summed E-state index contributed by atoms with van der Waals surface area (Å²) in [7, 11) is 0. The van der Waals surface area contributed by atoms with Crippen molar-refractivity contribution in [3.05, 3.63) is 233 Å². The highest BCUT2D eigenvalue weighted by atomic mass is 32.1. The van der Waals surface area contributed by atoms with E-state index in [4.69, 9.17) is 18.9 Å². The standard InChI is InChI=1S/C90H91N5O8S4/c1-5-9-13-17-53-100-77-37-29-70(30-38-77)93(68-25-21-64(22-26-68)83-49-51-87(106-83)85-47-45-81(104-85)57-66(62-91)89(96)97)74-59-75(61-76(60-74)95(72-33-41-79(42-34-72)102-55-19-15-11-7-3)73-35-43-80(44-36-73)103-56-20-16-12-8-4)94(71-31-39-78(40-32-71)101-54-18-14-10-6-2)69-27-23-65(24-28-69)84-50-52-88(107-84)86-48-46-82(105-86)58-67(63-92)90(98)99/h21-52,57-61H,5-20,53-56H2,1-4H3,(H,96,97)(H,98,99)/b66-57-,67-58+. The van der Waals surface area contributed by atoms with Gasteiger partial charge < -0.3 is 43.9 Å². The van der Waals surface area contributed by atoms with Crippen LogP contribution in [0, 0.1) is 22.7 Å². The molecule has 0 atom stereocenters. The van der Waals surface area contributed by atoms with Crippen molar-refractivity contribution in [3.63, 3.8) is 0 Å². The number of ether oxygens (including phenoxy) is 4. The van der Waals surface area contributed by atoms with Crippen molar-refractivity contribution < 1.29 is 38.7 Å². The first kappa shape index (κ1) is 77.4. The number of nitriles is 2. The summed E-state index contributed by atoms with van der Waals surface area (Å²) in [4.78, 5) is 37.9. The molecule has 17 heteroatoms. The van der Waals surface area contributed by atoms with Gasteiger partial charge in [-0.25, -0.2) is 9.59 Å². The number of hydrogen-bond acceptors (Lipinski definition) is 15. The van der Waals surface area contributed by atoms with E-state index in [2.05, 4.69) is 230 Å². The van der Waals surface area contributed by atoms with Gasteiger partial charge in [-0.3, -0.25) is 0 Å². The van der Waals surface area contributed by atoms with Crippen molar-refractivity contribution in [1.82, 2.24) is 0 Å². The zero-order valence-electron chi connectivity index (χ0n) is 61.2. The zero-order valence-corrected chi connectivity index (χ0v) is 64.5. The van der Waals surface area contributed by atoms with Gasteiger partial charge in [0.15, 0.2) is 0 Å². The van der Waals surface area contributed by atoms with Crippen LogP contribution in [-0.2, 0) is 9.59 Å². The number of nitrogens with zero attached hydrogens (tertiary/aromatic N) is 5. The molecule has 4 heterocycles. The Morgan fingerprint density at radius 1 is 0.318 bits per heavy atom. The molecule has 13 nitrogen and oxygen atoms in total. The summed E-state index contributed by atoms with van der Waals surface area (Å²) in [6, 6.07) is 77.5. The molecule has 0 amide bonds. The van der Waals surface area contributed by atoms with E-state index in [1.54, 1.807) is 34.8 Å². The van der Waals surface area contributed by atoms with Crippen molar-refractivity contribution in [2.24, 2.45) is 0 Å². The lowest BCUT2D eigenvalue weighted by Crippen LogP contribution is -2.16. The highest BCUT2D eigenvalue weighted by Gasteiger charge is 2.25. The summed E-state index contributed by atoms with van der Waals surface area (Å²) >= 11 is 6.19. The molecule has 0 radical (unpaired) electrons. The summed E-state index contributed by atoms with van der Waals surface area (Å²) in [6.45, 7) is 11.4. The molecular formula is C90H91N5O8S4. The minimum Gasteiger partial charge on any atom is -0.494 e. The molecule has 0 aliphatic rings. The average molecular weight is 1500 g/mol. The van der Waals surface area contributed by atoms with E-state index >= 15 is 0 Å². The molecule has 0 aliphatic heterocycles. The predicted octanol–water partition coefficient (Wildman–Crippen LogP) is 26.8. The number of anilines is 9. The first-order chi connectivity index (χ1) is 52.4. The van der Waals surface area contributed by atoms with Crippen LogP contribution >= 0.6 is 45.3 Å². The molecule has 7 aromatic carbocycles. The Morgan fingerprint density at radius 2 is 0.561 bits per heavy atom. The lowest BCUT2D eigenvalue weighted by atomic mass is 10.1. The SMILES string of the molecule is CCCCCCOc1ccc(N(c2ccc(OCCCCCC)cc2)c2cc(N(c3ccc(OCCCCCC)cc3)c3ccc(-c4ccc(-c5ccc(/C=C(/C#N)C(=O)O)s5)s4)cc3)cc(N(c3ccc(OCCCCCC)cc3)c3ccc(-c4ccc(-c5ccc(/C=C(\C#N)C(=O)O)s5)s4)cc3)c2)cc1. The predicted molar refractivity (Wildman–Crippen MR) is 445 cm³/mol. The fraction of sp³-hybridized carbons (Fsp3) is 0.267. The number of carboxylic acids is 2. The quantitative estimate of drug-likeness (QED) is 0.0211. The third-order valence-corrected chi connectivity index (χ3v) is 22.9. The van der Waals surface area contributed by atoms with Crippen LogP contribution in [0.1, 0.15) is 140 Å². The van der Waals surface area contributed by atoms with Gasteiger partial charge in [0.25, 0.3) is 0 Å². The number of carboxylic acid groups (broad SMARTS) is 2. The van der Waals surface area contributed by atoms with Gasteiger partial charge in [-0.1, -0.05) is 129 Å². The largest absolute Gasteiger partial charge is 0.494 e. The Hall–Kier alpha value is -10.7. The van der Waals surface area contributed by atoms with E-state index < -0.39 is 11.9 Å². The van der Waals surface area contributed by atoms with Gasteiger partial charge in [0.2, 0.25) is 0 Å². The van der Waals surface area contributed by atoms with Gasteiger partial charge >= 0.3 is 11.9 Å². The lowest BCUT2D eigenvalue weighted by Gasteiger charge is -2.33. The number of aliphatic carboxylic acids is 2. The first-order valence-electron chi connectivity index (χ1n) is 37.2. The van der Waals surface area contributed by atoms with Gasteiger partial charge in [-0.05, 0) is 237 Å². The van der Waals surface area contributed by atoms with Crippen LogP contribution in [-0.4, -0.2) is 48.6 Å². The molecule has 0 saturated carbocycles. The van der Waals surface area contributed by atoms with Crippen molar-refractivity contribution in [1.29, 1.82) is 10.5 Å². The summed E-state index contributed by atoms with van der Waals surface area (Å²) in [5.41, 5.74) is 9.49. The number of hydrogen-bond donors (Lipinski definition) is 2. The maximum atomic E-state index is 11.7. The molecular weight excluding hydrogens is 1410 g/mol. The average Bonchev–Trinajstić information content (AvgIpc) is 1.22. The molecule has 2 N–H and O–H groups in total. The van der Waals surface area contributed by atoms with Crippen molar-refractivity contribution in [2.45, 2.75) is 130 Å². The number of thiophene rings is 4. The highest BCUT2D eigenvalue weighted by molar-refractivity contribution is 7.24. The maximum Gasteiger partial charge on any atom is 0.346 e. The number of unbranched alkanes of at least 4 members (excludes halogenated alkanes) is 12. The number of carbonyl (C=O) groups is 2. The second-order valence-corrected chi connectivity index (χ2v) is 30.5. The molecule has 0 saturated heterocycles. The number of rotatable bonds is 41. The minimum atomic E-state index is -1.26. The summed E-state index contributed by atoms with van der Waals surface area (Å²) in [6.07, 6.45) is 20.4. The second-order valence-electron chi connectivity index (χ2n) is 26.1. The van der Waals surface area contributed by atoms with Crippen LogP contribution in [0.2, 0.25) is 0 Å². The Morgan fingerprint density at radius 3 is 0.813 bits per heavy atom. The van der Waals surface area contributed by atoms with E-state index in [1.165, 1.54) is 47.7 Å². The van der Waals surface area contributed by atoms with Crippen molar-refractivity contribution >= 4 is 121 Å². The van der Waals surface area contributed by atoms with E-state index in [-0.39, 0.29) is 11.1 Å². The molecule has 11 rings (SSSR count). The van der Waals surface area contributed by atoms with E-state index in [0.29, 0.717) is 36.2 Å². The Kier molecular flexibility index (Phi) is 28.7. The van der Waals surface area contributed by atoms with E-state index in [9.17, 15) is 30.3 Å². The maximum absolute atomic E-state index is 11.7. The molecule has 0 fully saturated rings. The Balaban J connectivity index is 1.07. The molecule has 0 spiro atoms. The zero-order chi connectivity index (χ0) is 74.7. The first-order valence-corrected chi connectivity index (χ1v) is 40.5. The fourth-order valence-electron chi connectivity index (χ4n) is 12.4. The minimum absolute atomic E-state index is 0.312. The summed E-state index contributed by atoms with van der Waals surface area (Å²) < 4.78 is 25.7. The third-order valence-electron chi connectivity index (χ3n) is 18.2. The van der Waals surface area contributed by atoms with Crippen LogP contribution in [0.4, 0.5) is 51.2 Å². The van der Waals surface area contributed by atoms with Crippen LogP contribution in [0.5, 0.6) is 23.0 Å². The summed E-state index contributed by atoms with van der Waals surface area (Å²) in [5.74, 6) is 0.679. The van der Waals surface area contributed by atoms with Gasteiger partial charge in [0.1, 0.15) is 46.3 Å². The monoisotopic (exact) mass is 1500 g/mol. The van der Waals surface area contributed by atoms with Gasteiger partial charge in [0.05, 0.1) is 43.5 Å². The van der Waals surface area contributed by atoms with E-state index in [1.807, 2.05) is 24.3 Å². The topological polar surface area (TPSA) is 169 Å². The van der Waals surface area contributed by atoms with Gasteiger partial charge in [-0.15, -0.1) is 45.3 Å². The smallest absolute Gasteiger partial charge is 0.346 e. The van der Waals surface area contributed by atoms with Crippen LogP contribution in [0.3, 0.4) is 0 Å². The van der Waals surface area contributed by atoms with Gasteiger partial charge in [-0.2, -0.15) is 10.5 Å². The highest BCUT2D eigenvalue weighted by Crippen LogP contribution is 2.49. The van der Waals surface area contributed by atoms with Gasteiger partial charge in [0, 0.05) is 73.1 Å². The normalized spacial score (nSPS) is 11.4. The van der Waals surface area contributed by atoms with Crippen LogP contribution in [0.25, 0.3) is 52.5 Å². The Labute approximate surface area is 645 Å².